The lowest BCUT2D eigenvalue weighted by Crippen LogP contribution is -2.39. The molecule has 0 radical (unpaired) electrons. The molecule has 6 nitrogen and oxygen atoms in total. The lowest BCUT2D eigenvalue weighted by atomic mass is 10.2. The average Bonchev–Trinajstić information content (AvgIpc) is 2.84. The Morgan fingerprint density at radius 2 is 2.10 bits per heavy atom. The van der Waals surface area contributed by atoms with Crippen LogP contribution in [0.2, 0.25) is 0 Å². The molecule has 0 aromatic carbocycles. The van der Waals surface area contributed by atoms with Crippen LogP contribution in [0.25, 0.3) is 10.1 Å². The highest BCUT2D eigenvalue weighted by atomic mass is 32.1. The van der Waals surface area contributed by atoms with Crippen LogP contribution in [-0.4, -0.2) is 41.3 Å². The molecule has 0 unspecified atom stereocenters. The fraction of sp³-hybridized carbons (Fsp3) is 0.357. The Bertz CT molecular complexity index is 664. The molecule has 112 valence electrons. The number of nitrogens with two attached hydrogens (primary N) is 1. The monoisotopic (exact) mass is 306 g/mol. The van der Waals surface area contributed by atoms with Crippen LogP contribution < -0.4 is 11.1 Å². The minimum Gasteiger partial charge on any atom is -0.397 e. The van der Waals surface area contributed by atoms with Gasteiger partial charge in [-0.15, -0.1) is 11.3 Å². The standard InChI is InChI=1S/C14H18N4O2S/c1-3-18(4-2)11(19)8-17-14(20)13-12(15)9-5-6-16-7-10(9)21-13/h5-7H,3-4,8,15H2,1-2H3,(H,17,20). The smallest absolute Gasteiger partial charge is 0.263 e. The van der Waals surface area contributed by atoms with Crippen LogP contribution in [-0.2, 0) is 4.79 Å². The van der Waals surface area contributed by atoms with Crippen LogP contribution in [0, 0.1) is 0 Å². The number of anilines is 1. The molecule has 0 saturated heterocycles. The molecule has 21 heavy (non-hydrogen) atoms. The van der Waals surface area contributed by atoms with E-state index in [0.717, 1.165) is 10.1 Å². The lowest BCUT2D eigenvalue weighted by molar-refractivity contribution is -0.129. The van der Waals surface area contributed by atoms with Crippen LogP contribution in [0.15, 0.2) is 18.5 Å². The zero-order valence-electron chi connectivity index (χ0n) is 12.0. The fourth-order valence-electron chi connectivity index (χ4n) is 2.06. The summed E-state index contributed by atoms with van der Waals surface area (Å²) in [5.74, 6) is -0.427. The maximum atomic E-state index is 12.2. The number of carbonyl (C=O) groups excluding carboxylic acids is 2. The van der Waals surface area contributed by atoms with Crippen molar-refractivity contribution in [3.05, 3.63) is 23.3 Å². The third kappa shape index (κ3) is 3.13. The fourth-order valence-corrected chi connectivity index (χ4v) is 3.07. The SMILES string of the molecule is CCN(CC)C(=O)CNC(=O)c1sc2cnccc2c1N. The Balaban J connectivity index is 2.09. The molecule has 2 amide bonds. The number of rotatable bonds is 5. The predicted molar refractivity (Wildman–Crippen MR) is 84.3 cm³/mol. The molecule has 0 atom stereocenters. The molecule has 0 bridgehead atoms. The van der Waals surface area contributed by atoms with E-state index in [1.54, 1.807) is 23.4 Å². The number of hydrogen-bond donors (Lipinski definition) is 2. The van der Waals surface area contributed by atoms with Crippen molar-refractivity contribution < 1.29 is 9.59 Å². The maximum absolute atomic E-state index is 12.2. The first-order chi connectivity index (χ1) is 10.1. The van der Waals surface area contributed by atoms with E-state index < -0.39 is 0 Å². The van der Waals surface area contributed by atoms with Gasteiger partial charge >= 0.3 is 0 Å². The normalized spacial score (nSPS) is 10.6. The highest BCUT2D eigenvalue weighted by Crippen LogP contribution is 2.32. The molecule has 2 rings (SSSR count). The largest absolute Gasteiger partial charge is 0.397 e. The van der Waals surface area contributed by atoms with Gasteiger partial charge in [0, 0.05) is 30.9 Å². The van der Waals surface area contributed by atoms with Crippen molar-refractivity contribution in [3.63, 3.8) is 0 Å². The molecule has 0 saturated carbocycles. The molecular formula is C14H18N4O2S. The number of thiophene rings is 1. The molecule has 2 aromatic rings. The van der Waals surface area contributed by atoms with E-state index in [2.05, 4.69) is 10.3 Å². The van der Waals surface area contributed by atoms with Crippen LogP contribution in [0.3, 0.4) is 0 Å². The number of carbonyl (C=O) groups is 2. The summed E-state index contributed by atoms with van der Waals surface area (Å²) in [5, 5.41) is 3.44. The molecular weight excluding hydrogens is 288 g/mol. The van der Waals surface area contributed by atoms with E-state index in [1.165, 1.54) is 11.3 Å². The van der Waals surface area contributed by atoms with Crippen molar-refractivity contribution in [1.82, 2.24) is 15.2 Å². The number of aromatic nitrogens is 1. The van der Waals surface area contributed by atoms with Gasteiger partial charge in [0.15, 0.2) is 0 Å². The molecule has 0 aliphatic rings. The van der Waals surface area contributed by atoms with E-state index in [1.807, 2.05) is 13.8 Å². The summed E-state index contributed by atoms with van der Waals surface area (Å²) in [7, 11) is 0. The molecule has 3 N–H and O–H groups in total. The predicted octanol–water partition coefficient (Wildman–Crippen LogP) is 1.48. The molecule has 0 spiro atoms. The van der Waals surface area contributed by atoms with Crippen molar-refractivity contribution in [2.24, 2.45) is 0 Å². The van der Waals surface area contributed by atoms with Gasteiger partial charge in [0.25, 0.3) is 5.91 Å². The van der Waals surface area contributed by atoms with E-state index in [0.29, 0.717) is 23.7 Å². The molecule has 7 heteroatoms. The summed E-state index contributed by atoms with van der Waals surface area (Å²) in [5.41, 5.74) is 6.42. The summed E-state index contributed by atoms with van der Waals surface area (Å²) in [6.07, 6.45) is 3.31. The number of likely N-dealkylation sites (N-methyl/N-ethyl adjacent to an activating group) is 1. The second-order valence-corrected chi connectivity index (χ2v) is 5.52. The first-order valence-corrected chi connectivity index (χ1v) is 7.58. The Hall–Kier alpha value is -2.15. The molecule has 2 heterocycles. The number of nitrogens with one attached hydrogen (secondary N) is 1. The van der Waals surface area contributed by atoms with E-state index in [9.17, 15) is 9.59 Å². The van der Waals surface area contributed by atoms with E-state index in [4.69, 9.17) is 5.73 Å². The zero-order valence-corrected chi connectivity index (χ0v) is 12.9. The minimum atomic E-state index is -0.325. The minimum absolute atomic E-state index is 0.0214. The van der Waals surface area contributed by atoms with Gasteiger partial charge < -0.3 is 16.0 Å². The average molecular weight is 306 g/mol. The first kappa shape index (κ1) is 15.2. The Kier molecular flexibility index (Phi) is 4.74. The highest BCUT2D eigenvalue weighted by molar-refractivity contribution is 7.21. The number of pyridine rings is 1. The first-order valence-electron chi connectivity index (χ1n) is 6.76. The molecule has 0 aliphatic carbocycles. The van der Waals surface area contributed by atoms with Crippen LogP contribution in [0.5, 0.6) is 0 Å². The number of nitrogens with zero attached hydrogens (tertiary/aromatic N) is 2. The summed E-state index contributed by atoms with van der Waals surface area (Å²) < 4.78 is 0.857. The quantitative estimate of drug-likeness (QED) is 0.875. The summed E-state index contributed by atoms with van der Waals surface area (Å²) >= 11 is 1.28. The van der Waals surface area contributed by atoms with E-state index >= 15 is 0 Å². The maximum Gasteiger partial charge on any atom is 0.263 e. The Morgan fingerprint density at radius 1 is 1.38 bits per heavy atom. The lowest BCUT2D eigenvalue weighted by Gasteiger charge is -2.18. The van der Waals surface area contributed by atoms with Crippen molar-refractivity contribution in [2.75, 3.05) is 25.4 Å². The van der Waals surface area contributed by atoms with Crippen molar-refractivity contribution >= 4 is 38.9 Å². The van der Waals surface area contributed by atoms with Crippen LogP contribution in [0.1, 0.15) is 23.5 Å². The van der Waals surface area contributed by atoms with Gasteiger partial charge in [-0.05, 0) is 19.9 Å². The van der Waals surface area contributed by atoms with Gasteiger partial charge in [0.05, 0.1) is 16.9 Å². The second kappa shape index (κ2) is 6.53. The van der Waals surface area contributed by atoms with Gasteiger partial charge in [0.1, 0.15) is 4.88 Å². The third-order valence-electron chi connectivity index (χ3n) is 3.25. The van der Waals surface area contributed by atoms with Gasteiger partial charge in [-0.25, -0.2) is 0 Å². The summed E-state index contributed by atoms with van der Waals surface area (Å²) in [6.45, 7) is 5.04. The van der Waals surface area contributed by atoms with E-state index in [-0.39, 0.29) is 18.4 Å². The number of fused-ring (bicyclic) bond motifs is 1. The number of hydrogen-bond acceptors (Lipinski definition) is 5. The second-order valence-electron chi connectivity index (χ2n) is 4.47. The van der Waals surface area contributed by atoms with Crippen LogP contribution in [0.4, 0.5) is 5.69 Å². The van der Waals surface area contributed by atoms with Crippen molar-refractivity contribution in [2.45, 2.75) is 13.8 Å². The van der Waals surface area contributed by atoms with Gasteiger partial charge in [-0.2, -0.15) is 0 Å². The van der Waals surface area contributed by atoms with Gasteiger partial charge in [0.2, 0.25) is 5.91 Å². The van der Waals surface area contributed by atoms with Crippen molar-refractivity contribution in [3.8, 4) is 0 Å². The number of nitrogen functional groups attached to an aromatic ring is 1. The van der Waals surface area contributed by atoms with Crippen LogP contribution >= 0.6 is 11.3 Å². The Morgan fingerprint density at radius 3 is 2.71 bits per heavy atom. The van der Waals surface area contributed by atoms with Gasteiger partial charge in [-0.1, -0.05) is 0 Å². The summed E-state index contributed by atoms with van der Waals surface area (Å²) in [6, 6.07) is 1.78. The Labute approximate surface area is 127 Å². The molecule has 0 aliphatic heterocycles. The summed E-state index contributed by atoms with van der Waals surface area (Å²) in [4.78, 5) is 30.1. The molecule has 0 fully saturated rings. The topological polar surface area (TPSA) is 88.3 Å². The third-order valence-corrected chi connectivity index (χ3v) is 4.41. The van der Waals surface area contributed by atoms with Gasteiger partial charge in [-0.3, -0.25) is 14.6 Å². The van der Waals surface area contributed by atoms with Crippen molar-refractivity contribution in [1.29, 1.82) is 0 Å². The molecule has 2 aromatic heterocycles. The highest BCUT2D eigenvalue weighted by Gasteiger charge is 2.18. The zero-order chi connectivity index (χ0) is 15.4. The number of amides is 2.